The Bertz CT molecular complexity index is 425. The van der Waals surface area contributed by atoms with Crippen molar-refractivity contribution < 1.29 is 5.11 Å². The van der Waals surface area contributed by atoms with Gasteiger partial charge in [-0.3, -0.25) is 0 Å². The number of H-pyrrole nitrogens is 1. The molecule has 0 spiro atoms. The van der Waals surface area contributed by atoms with E-state index in [9.17, 15) is 0 Å². The molecule has 3 nitrogen and oxygen atoms in total. The standard InChI is InChI=1S/C22H40N2O/c1-2-3-4-5-6-7-8-9-10-11-12-13-14-15-16-17-22-23-20-21(24-22)18-19-25/h16-17,20,25H,2-15,18-19H2,1H3,(H,23,24). The molecule has 0 aliphatic carbocycles. The Labute approximate surface area is 155 Å². The summed E-state index contributed by atoms with van der Waals surface area (Å²) in [5, 5.41) is 8.88. The SMILES string of the molecule is CCCCCCCCCCCCCCCC=Cc1ncc(CCO)[nH]1. The normalized spacial score (nSPS) is 11.6. The van der Waals surface area contributed by atoms with Crippen LogP contribution in [0.3, 0.4) is 0 Å². The van der Waals surface area contributed by atoms with E-state index in [0.717, 1.165) is 17.9 Å². The van der Waals surface area contributed by atoms with Gasteiger partial charge in [0.1, 0.15) is 5.82 Å². The third-order valence-corrected chi connectivity index (χ3v) is 4.78. The van der Waals surface area contributed by atoms with Gasteiger partial charge in [0.25, 0.3) is 0 Å². The highest BCUT2D eigenvalue weighted by molar-refractivity contribution is 5.39. The number of imidazole rings is 1. The number of aliphatic hydroxyl groups excluding tert-OH is 1. The molecule has 1 heterocycles. The summed E-state index contributed by atoms with van der Waals surface area (Å²) in [7, 11) is 0. The van der Waals surface area contributed by atoms with Crippen LogP contribution in [0.1, 0.15) is 108 Å². The number of hydrogen-bond donors (Lipinski definition) is 2. The van der Waals surface area contributed by atoms with Crippen LogP contribution in [0.25, 0.3) is 6.08 Å². The zero-order valence-corrected chi connectivity index (χ0v) is 16.4. The quantitative estimate of drug-likeness (QED) is 0.318. The number of aliphatic hydroxyl groups is 1. The molecule has 0 atom stereocenters. The summed E-state index contributed by atoms with van der Waals surface area (Å²) in [6.45, 7) is 2.45. The van der Waals surface area contributed by atoms with E-state index in [1.165, 1.54) is 83.5 Å². The Kier molecular flexibility index (Phi) is 14.4. The second-order valence-electron chi connectivity index (χ2n) is 7.20. The third kappa shape index (κ3) is 12.9. The minimum absolute atomic E-state index is 0.171. The first-order valence-corrected chi connectivity index (χ1v) is 10.7. The molecule has 144 valence electrons. The lowest BCUT2D eigenvalue weighted by atomic mass is 10.0. The van der Waals surface area contributed by atoms with Crippen LogP contribution in [-0.2, 0) is 6.42 Å². The smallest absolute Gasteiger partial charge is 0.129 e. The van der Waals surface area contributed by atoms with Crippen molar-refractivity contribution in [1.29, 1.82) is 0 Å². The van der Waals surface area contributed by atoms with Crippen LogP contribution in [0, 0.1) is 0 Å². The first kappa shape index (κ1) is 22.0. The maximum absolute atomic E-state index is 8.88. The first-order chi connectivity index (χ1) is 12.4. The molecule has 0 saturated carbocycles. The Hall–Kier alpha value is -1.09. The van der Waals surface area contributed by atoms with Gasteiger partial charge in [0.2, 0.25) is 0 Å². The van der Waals surface area contributed by atoms with E-state index in [-0.39, 0.29) is 6.61 Å². The van der Waals surface area contributed by atoms with E-state index < -0.39 is 0 Å². The van der Waals surface area contributed by atoms with Gasteiger partial charge in [0.05, 0.1) is 0 Å². The number of rotatable bonds is 17. The average Bonchev–Trinajstić information content (AvgIpc) is 3.06. The van der Waals surface area contributed by atoms with Crippen LogP contribution < -0.4 is 0 Å². The highest BCUT2D eigenvalue weighted by Gasteiger charge is 1.96. The molecule has 0 amide bonds. The number of unbranched alkanes of at least 4 members (excludes halogenated alkanes) is 13. The molecule has 0 aromatic carbocycles. The van der Waals surface area contributed by atoms with Crippen molar-refractivity contribution in [3.05, 3.63) is 23.8 Å². The Morgan fingerprint density at radius 2 is 1.44 bits per heavy atom. The van der Waals surface area contributed by atoms with Crippen LogP contribution in [0.5, 0.6) is 0 Å². The van der Waals surface area contributed by atoms with Gasteiger partial charge < -0.3 is 10.1 Å². The summed E-state index contributed by atoms with van der Waals surface area (Å²) >= 11 is 0. The first-order valence-electron chi connectivity index (χ1n) is 10.7. The number of hydrogen-bond acceptors (Lipinski definition) is 2. The third-order valence-electron chi connectivity index (χ3n) is 4.78. The van der Waals surface area contributed by atoms with Crippen molar-refractivity contribution in [2.24, 2.45) is 0 Å². The molecule has 0 bridgehead atoms. The van der Waals surface area contributed by atoms with Gasteiger partial charge in [-0.05, 0) is 18.9 Å². The molecular weight excluding hydrogens is 308 g/mol. The summed E-state index contributed by atoms with van der Waals surface area (Å²) in [6.07, 6.45) is 26.1. The van der Waals surface area contributed by atoms with Crippen molar-refractivity contribution in [3.63, 3.8) is 0 Å². The van der Waals surface area contributed by atoms with Crippen LogP contribution in [0.15, 0.2) is 12.3 Å². The predicted molar refractivity (Wildman–Crippen MR) is 109 cm³/mol. The van der Waals surface area contributed by atoms with Gasteiger partial charge in [0, 0.05) is 24.9 Å². The number of nitrogens with zero attached hydrogens (tertiary/aromatic N) is 1. The van der Waals surface area contributed by atoms with Crippen molar-refractivity contribution >= 4 is 6.08 Å². The Morgan fingerprint density at radius 1 is 0.880 bits per heavy atom. The van der Waals surface area contributed by atoms with E-state index in [4.69, 9.17) is 5.11 Å². The summed E-state index contributed by atoms with van der Waals surface area (Å²) in [4.78, 5) is 7.49. The lowest BCUT2D eigenvalue weighted by Gasteiger charge is -2.02. The highest BCUT2D eigenvalue weighted by atomic mass is 16.3. The lowest BCUT2D eigenvalue weighted by molar-refractivity contribution is 0.298. The van der Waals surface area contributed by atoms with E-state index in [2.05, 4.69) is 29.0 Å². The van der Waals surface area contributed by atoms with Gasteiger partial charge in [-0.15, -0.1) is 0 Å². The molecule has 0 unspecified atom stereocenters. The molecule has 0 aliphatic rings. The maximum atomic E-state index is 8.88. The molecular formula is C22H40N2O. The lowest BCUT2D eigenvalue weighted by Crippen LogP contribution is -1.89. The summed E-state index contributed by atoms with van der Waals surface area (Å²) in [5.41, 5.74) is 1.00. The van der Waals surface area contributed by atoms with Crippen LogP contribution in [0.2, 0.25) is 0 Å². The van der Waals surface area contributed by atoms with Gasteiger partial charge in [0.15, 0.2) is 0 Å². The Balaban J connectivity index is 1.83. The molecule has 25 heavy (non-hydrogen) atoms. The van der Waals surface area contributed by atoms with Gasteiger partial charge >= 0.3 is 0 Å². The van der Waals surface area contributed by atoms with Crippen LogP contribution in [0.4, 0.5) is 0 Å². The van der Waals surface area contributed by atoms with E-state index in [1.807, 2.05) is 0 Å². The number of aromatic nitrogens is 2. The molecule has 0 fully saturated rings. The molecule has 0 aliphatic heterocycles. The van der Waals surface area contributed by atoms with Crippen molar-refractivity contribution in [3.8, 4) is 0 Å². The van der Waals surface area contributed by atoms with Crippen molar-refractivity contribution in [2.75, 3.05) is 6.61 Å². The number of aromatic amines is 1. The average molecular weight is 349 g/mol. The molecule has 1 aromatic rings. The molecule has 0 saturated heterocycles. The van der Waals surface area contributed by atoms with E-state index >= 15 is 0 Å². The summed E-state index contributed by atoms with van der Waals surface area (Å²) in [6, 6.07) is 0. The largest absolute Gasteiger partial charge is 0.396 e. The van der Waals surface area contributed by atoms with Crippen LogP contribution >= 0.6 is 0 Å². The number of nitrogens with one attached hydrogen (secondary N) is 1. The second-order valence-corrected chi connectivity index (χ2v) is 7.20. The topological polar surface area (TPSA) is 48.9 Å². The second kappa shape index (κ2) is 16.4. The van der Waals surface area contributed by atoms with Gasteiger partial charge in [-0.25, -0.2) is 4.98 Å². The fourth-order valence-electron chi connectivity index (χ4n) is 3.18. The Morgan fingerprint density at radius 3 is 2.00 bits per heavy atom. The highest BCUT2D eigenvalue weighted by Crippen LogP contribution is 2.13. The van der Waals surface area contributed by atoms with Crippen molar-refractivity contribution in [2.45, 2.75) is 103 Å². The molecule has 2 N–H and O–H groups in total. The van der Waals surface area contributed by atoms with Crippen molar-refractivity contribution in [1.82, 2.24) is 9.97 Å². The fourth-order valence-corrected chi connectivity index (χ4v) is 3.18. The van der Waals surface area contributed by atoms with Gasteiger partial charge in [-0.1, -0.05) is 90.0 Å². The van der Waals surface area contributed by atoms with Gasteiger partial charge in [-0.2, -0.15) is 0 Å². The molecule has 1 rings (SSSR count). The minimum Gasteiger partial charge on any atom is -0.396 e. The van der Waals surface area contributed by atoms with Crippen LogP contribution in [-0.4, -0.2) is 21.7 Å². The van der Waals surface area contributed by atoms with E-state index in [1.54, 1.807) is 6.20 Å². The summed E-state index contributed by atoms with van der Waals surface area (Å²) in [5.74, 6) is 0.901. The number of allylic oxidation sites excluding steroid dienone is 1. The molecule has 1 aromatic heterocycles. The maximum Gasteiger partial charge on any atom is 0.129 e. The summed E-state index contributed by atoms with van der Waals surface area (Å²) < 4.78 is 0. The molecule has 3 heteroatoms. The zero-order valence-electron chi connectivity index (χ0n) is 16.4. The monoisotopic (exact) mass is 348 g/mol. The fraction of sp³-hybridized carbons (Fsp3) is 0.773. The zero-order chi connectivity index (χ0) is 18.0. The van der Waals surface area contributed by atoms with E-state index in [0.29, 0.717) is 6.42 Å². The molecule has 0 radical (unpaired) electrons. The predicted octanol–water partition coefficient (Wildman–Crippen LogP) is 6.44. The minimum atomic E-state index is 0.171.